The van der Waals surface area contributed by atoms with Crippen LogP contribution in [0, 0.1) is 0 Å². The van der Waals surface area contributed by atoms with Gasteiger partial charge in [-0.25, -0.2) is 0 Å². The van der Waals surface area contributed by atoms with Crippen molar-refractivity contribution in [3.05, 3.63) is 59.7 Å². The molecular weight excluding hydrogens is 348 g/mol. The second kappa shape index (κ2) is 9.24. The van der Waals surface area contributed by atoms with Crippen molar-refractivity contribution in [1.82, 2.24) is 0 Å². The summed E-state index contributed by atoms with van der Waals surface area (Å²) < 4.78 is 10.1. The molecule has 0 radical (unpaired) electrons. The van der Waals surface area contributed by atoms with E-state index in [0.717, 1.165) is 5.56 Å². The van der Waals surface area contributed by atoms with Gasteiger partial charge in [-0.1, -0.05) is 24.3 Å². The number of benzene rings is 2. The molecule has 0 aliphatic rings. The van der Waals surface area contributed by atoms with Crippen molar-refractivity contribution < 1.29 is 29.3 Å². The minimum atomic E-state index is -0.360. The highest BCUT2D eigenvalue weighted by atomic mass is 16.5. The zero-order valence-electron chi connectivity index (χ0n) is 15.0. The van der Waals surface area contributed by atoms with Gasteiger partial charge in [0.1, 0.15) is 5.75 Å². The van der Waals surface area contributed by atoms with Crippen molar-refractivity contribution >= 4 is 23.7 Å². The third kappa shape index (κ3) is 5.74. The van der Waals surface area contributed by atoms with Gasteiger partial charge in [0.2, 0.25) is 5.75 Å². The Hall–Kier alpha value is -3.54. The number of phenolic OH excluding ortho intramolecular Hbond substituents is 2. The first-order valence-corrected chi connectivity index (χ1v) is 8.08. The van der Waals surface area contributed by atoms with Crippen molar-refractivity contribution in [3.8, 4) is 23.0 Å². The summed E-state index contributed by atoms with van der Waals surface area (Å²) in [5.41, 5.74) is 1.33. The highest BCUT2D eigenvalue weighted by molar-refractivity contribution is 6.10. The molecule has 0 fully saturated rings. The summed E-state index contributed by atoms with van der Waals surface area (Å²) in [6.07, 6.45) is 5.44. The number of hydrogen-bond acceptors (Lipinski definition) is 6. The van der Waals surface area contributed by atoms with Crippen LogP contribution in [-0.2, 0) is 9.59 Å². The van der Waals surface area contributed by atoms with E-state index in [1.54, 1.807) is 30.3 Å². The Morgan fingerprint density at radius 1 is 0.852 bits per heavy atom. The fourth-order valence-corrected chi connectivity index (χ4v) is 2.26. The molecule has 0 saturated heterocycles. The number of carbonyl (C=O) groups excluding carboxylic acids is 2. The smallest absolute Gasteiger partial charge is 0.200 e. The van der Waals surface area contributed by atoms with E-state index < -0.39 is 0 Å². The lowest BCUT2D eigenvalue weighted by molar-refractivity contribution is -0.121. The van der Waals surface area contributed by atoms with Crippen LogP contribution in [0.15, 0.2) is 48.6 Å². The first-order valence-electron chi connectivity index (χ1n) is 8.08. The minimum absolute atomic E-state index is 0.127. The van der Waals surface area contributed by atoms with Crippen LogP contribution in [0.5, 0.6) is 23.0 Å². The minimum Gasteiger partial charge on any atom is -0.508 e. The third-order valence-corrected chi connectivity index (χ3v) is 3.67. The number of carbonyl (C=O) groups is 2. The van der Waals surface area contributed by atoms with Crippen LogP contribution in [-0.4, -0.2) is 36.0 Å². The predicted molar refractivity (Wildman–Crippen MR) is 102 cm³/mol. The van der Waals surface area contributed by atoms with Crippen LogP contribution >= 0.6 is 0 Å². The molecule has 0 amide bonds. The van der Waals surface area contributed by atoms with E-state index in [9.17, 15) is 19.8 Å². The van der Waals surface area contributed by atoms with Crippen LogP contribution in [0.25, 0.3) is 12.2 Å². The van der Waals surface area contributed by atoms with Gasteiger partial charge in [-0.2, -0.15) is 0 Å². The standard InChI is InChI=1S/C21H20O6/c1-26-19-11-15(12-20(27-2)21(19)25)6-10-18(24)13-17(23)9-5-14-3-7-16(22)8-4-14/h3-12,22,25H,13H2,1-2H3. The summed E-state index contributed by atoms with van der Waals surface area (Å²) in [5, 5.41) is 19.1. The van der Waals surface area contributed by atoms with Crippen molar-refractivity contribution in [3.63, 3.8) is 0 Å². The second-order valence-corrected chi connectivity index (χ2v) is 5.64. The van der Waals surface area contributed by atoms with Crippen molar-refractivity contribution in [2.75, 3.05) is 14.2 Å². The van der Waals surface area contributed by atoms with Crippen LogP contribution in [0.2, 0.25) is 0 Å². The average molecular weight is 368 g/mol. The van der Waals surface area contributed by atoms with Gasteiger partial charge in [0.15, 0.2) is 23.1 Å². The molecule has 27 heavy (non-hydrogen) atoms. The number of allylic oxidation sites excluding steroid dienone is 2. The molecular formula is C21H20O6. The molecule has 140 valence electrons. The Bertz CT molecular complexity index is 853. The lowest BCUT2D eigenvalue weighted by Crippen LogP contribution is -2.01. The topological polar surface area (TPSA) is 93.1 Å². The van der Waals surface area contributed by atoms with E-state index in [1.807, 2.05) is 0 Å². The van der Waals surface area contributed by atoms with Crippen LogP contribution in [0.4, 0.5) is 0 Å². The van der Waals surface area contributed by atoms with Gasteiger partial charge in [0, 0.05) is 0 Å². The first-order chi connectivity index (χ1) is 12.9. The molecule has 2 aromatic carbocycles. The summed E-state index contributed by atoms with van der Waals surface area (Å²) >= 11 is 0. The molecule has 6 nitrogen and oxygen atoms in total. The molecule has 6 heteroatoms. The van der Waals surface area contributed by atoms with Gasteiger partial charge in [0.25, 0.3) is 0 Å². The molecule has 0 spiro atoms. The Labute approximate surface area is 157 Å². The van der Waals surface area contributed by atoms with Crippen molar-refractivity contribution in [2.24, 2.45) is 0 Å². The van der Waals surface area contributed by atoms with E-state index in [-0.39, 0.29) is 41.0 Å². The van der Waals surface area contributed by atoms with E-state index in [4.69, 9.17) is 9.47 Å². The lowest BCUT2D eigenvalue weighted by Gasteiger charge is -2.09. The summed E-state index contributed by atoms with van der Waals surface area (Å²) in [6, 6.07) is 9.44. The van der Waals surface area contributed by atoms with E-state index in [2.05, 4.69) is 0 Å². The maximum absolute atomic E-state index is 12.0. The highest BCUT2D eigenvalue weighted by Crippen LogP contribution is 2.37. The van der Waals surface area contributed by atoms with Gasteiger partial charge in [-0.05, 0) is 47.5 Å². The van der Waals surface area contributed by atoms with Crippen LogP contribution in [0.1, 0.15) is 17.5 Å². The monoisotopic (exact) mass is 368 g/mol. The molecule has 0 aromatic heterocycles. The van der Waals surface area contributed by atoms with Crippen molar-refractivity contribution in [1.29, 1.82) is 0 Å². The molecule has 0 aliphatic heterocycles. The third-order valence-electron chi connectivity index (χ3n) is 3.67. The van der Waals surface area contributed by atoms with Gasteiger partial charge < -0.3 is 19.7 Å². The molecule has 0 heterocycles. The summed E-state index contributed by atoms with van der Waals surface area (Å²) in [5.74, 6) is -0.247. The van der Waals surface area contributed by atoms with Crippen LogP contribution < -0.4 is 9.47 Å². The normalized spacial score (nSPS) is 11.0. The number of aromatic hydroxyl groups is 2. The zero-order valence-corrected chi connectivity index (χ0v) is 15.0. The number of ketones is 2. The molecule has 0 atom stereocenters. The predicted octanol–water partition coefficient (Wildman–Crippen LogP) is 3.37. The number of phenols is 2. The van der Waals surface area contributed by atoms with Gasteiger partial charge in [-0.3, -0.25) is 9.59 Å². The van der Waals surface area contributed by atoms with Crippen LogP contribution in [0.3, 0.4) is 0 Å². The Balaban J connectivity index is 2.00. The Morgan fingerprint density at radius 2 is 1.33 bits per heavy atom. The van der Waals surface area contributed by atoms with E-state index >= 15 is 0 Å². The molecule has 0 aliphatic carbocycles. The quantitative estimate of drug-likeness (QED) is 0.548. The van der Waals surface area contributed by atoms with Gasteiger partial charge >= 0.3 is 0 Å². The SMILES string of the molecule is COc1cc(C=CC(=O)CC(=O)C=Cc2ccc(O)cc2)cc(OC)c1O. The van der Waals surface area contributed by atoms with Gasteiger partial charge in [-0.15, -0.1) is 0 Å². The fourth-order valence-electron chi connectivity index (χ4n) is 2.26. The number of hydrogen-bond donors (Lipinski definition) is 2. The lowest BCUT2D eigenvalue weighted by atomic mass is 10.1. The van der Waals surface area contributed by atoms with Crippen molar-refractivity contribution in [2.45, 2.75) is 6.42 Å². The van der Waals surface area contributed by atoms with E-state index in [0.29, 0.717) is 5.56 Å². The molecule has 0 bridgehead atoms. The molecule has 0 saturated carbocycles. The van der Waals surface area contributed by atoms with E-state index in [1.165, 1.54) is 44.6 Å². The number of rotatable bonds is 8. The molecule has 2 aromatic rings. The number of ether oxygens (including phenoxy) is 2. The summed E-state index contributed by atoms with van der Waals surface area (Å²) in [7, 11) is 2.82. The summed E-state index contributed by atoms with van der Waals surface area (Å²) in [6.45, 7) is 0. The molecule has 2 rings (SSSR count). The summed E-state index contributed by atoms with van der Waals surface area (Å²) in [4.78, 5) is 23.9. The second-order valence-electron chi connectivity index (χ2n) is 5.64. The molecule has 0 unspecified atom stereocenters. The zero-order chi connectivity index (χ0) is 19.8. The Kier molecular flexibility index (Phi) is 6.77. The largest absolute Gasteiger partial charge is 0.508 e. The fraction of sp³-hybridized carbons (Fsp3) is 0.143. The maximum atomic E-state index is 12.0. The maximum Gasteiger partial charge on any atom is 0.200 e. The first kappa shape index (κ1) is 19.8. The molecule has 2 N–H and O–H groups in total. The average Bonchev–Trinajstić information content (AvgIpc) is 2.66. The highest BCUT2D eigenvalue weighted by Gasteiger charge is 2.10. The Morgan fingerprint density at radius 3 is 1.81 bits per heavy atom. The number of methoxy groups -OCH3 is 2. The van der Waals surface area contributed by atoms with Gasteiger partial charge in [0.05, 0.1) is 20.6 Å².